The Morgan fingerprint density at radius 3 is 2.78 bits per heavy atom. The number of thiophene rings is 1. The first kappa shape index (κ1) is 22.6. The van der Waals surface area contributed by atoms with Crippen molar-refractivity contribution in [1.82, 2.24) is 15.0 Å². The van der Waals surface area contributed by atoms with Crippen molar-refractivity contribution < 1.29 is 13.6 Å². The van der Waals surface area contributed by atoms with Crippen molar-refractivity contribution in [3.63, 3.8) is 0 Å². The highest BCUT2D eigenvalue weighted by Gasteiger charge is 2.18. The standard InChI is InChI=1S/C21H18F2N4O2S3/c1-9-10(2)32-20-17(9)19(29)25-16(26-20)8-30-11(3)18(28)27-21-24-15(7-31-21)12-4-5-13(22)14(23)6-12/h4-7,11H,8H2,1-3H3,(H,24,27,28)(H,25,26,29). The number of thiazole rings is 1. The first-order valence-electron chi connectivity index (χ1n) is 9.55. The number of H-pyrrole nitrogens is 1. The van der Waals surface area contributed by atoms with Gasteiger partial charge in [0.15, 0.2) is 16.8 Å². The average molecular weight is 493 g/mol. The molecule has 0 saturated carbocycles. The lowest BCUT2D eigenvalue weighted by molar-refractivity contribution is -0.115. The van der Waals surface area contributed by atoms with E-state index in [2.05, 4.69) is 20.3 Å². The molecule has 1 aromatic carbocycles. The number of rotatable bonds is 6. The van der Waals surface area contributed by atoms with Gasteiger partial charge >= 0.3 is 0 Å². The van der Waals surface area contributed by atoms with Crippen LogP contribution in [0, 0.1) is 25.5 Å². The van der Waals surface area contributed by atoms with Crippen molar-refractivity contribution in [3.8, 4) is 11.3 Å². The number of benzene rings is 1. The summed E-state index contributed by atoms with van der Waals surface area (Å²) in [7, 11) is 0. The minimum absolute atomic E-state index is 0.169. The molecule has 0 fully saturated rings. The summed E-state index contributed by atoms with van der Waals surface area (Å²) in [5.41, 5.74) is 1.64. The largest absolute Gasteiger partial charge is 0.309 e. The SMILES string of the molecule is Cc1sc2nc(CSC(C)C(=O)Nc3nc(-c4ccc(F)c(F)c4)cs3)[nH]c(=O)c2c1C. The zero-order valence-electron chi connectivity index (χ0n) is 17.3. The summed E-state index contributed by atoms with van der Waals surface area (Å²) >= 11 is 4.01. The van der Waals surface area contributed by atoms with Crippen LogP contribution < -0.4 is 10.9 Å². The predicted molar refractivity (Wildman–Crippen MR) is 127 cm³/mol. The first-order valence-corrected chi connectivity index (χ1v) is 12.3. The monoisotopic (exact) mass is 492 g/mol. The number of amides is 1. The second kappa shape index (κ2) is 9.08. The third-order valence-electron chi connectivity index (χ3n) is 4.88. The van der Waals surface area contributed by atoms with Gasteiger partial charge in [0.2, 0.25) is 5.91 Å². The first-order chi connectivity index (χ1) is 15.2. The Hall–Kier alpha value is -2.63. The van der Waals surface area contributed by atoms with E-state index >= 15 is 0 Å². The summed E-state index contributed by atoms with van der Waals surface area (Å²) in [5.74, 6) is -1.25. The highest BCUT2D eigenvalue weighted by molar-refractivity contribution is 7.99. The van der Waals surface area contributed by atoms with Crippen molar-refractivity contribution in [2.45, 2.75) is 31.8 Å². The Labute approximate surface area is 194 Å². The third-order valence-corrected chi connectivity index (χ3v) is 7.89. The molecule has 0 bridgehead atoms. The van der Waals surface area contributed by atoms with E-state index in [9.17, 15) is 18.4 Å². The fourth-order valence-electron chi connectivity index (χ4n) is 2.97. The fraction of sp³-hybridized carbons (Fsp3) is 0.238. The molecular weight excluding hydrogens is 474 g/mol. The van der Waals surface area contributed by atoms with E-state index in [1.165, 1.54) is 40.5 Å². The molecule has 4 rings (SSSR count). The van der Waals surface area contributed by atoms with Gasteiger partial charge in [-0.2, -0.15) is 0 Å². The average Bonchev–Trinajstić information content (AvgIpc) is 3.32. The third kappa shape index (κ3) is 4.59. The number of carbonyl (C=O) groups excluding carboxylic acids is 1. The van der Waals surface area contributed by atoms with Crippen LogP contribution in [0.3, 0.4) is 0 Å². The summed E-state index contributed by atoms with van der Waals surface area (Å²) in [6, 6.07) is 3.53. The molecule has 3 heterocycles. The quantitative estimate of drug-likeness (QED) is 0.383. The van der Waals surface area contributed by atoms with Gasteiger partial charge in [-0.05, 0) is 44.5 Å². The van der Waals surface area contributed by atoms with E-state index in [4.69, 9.17) is 0 Å². The molecule has 6 nitrogen and oxygen atoms in total. The molecule has 1 atom stereocenters. The van der Waals surface area contributed by atoms with Crippen molar-refractivity contribution in [2.24, 2.45) is 0 Å². The Balaban J connectivity index is 1.39. The molecule has 3 aromatic heterocycles. The van der Waals surface area contributed by atoms with Crippen molar-refractivity contribution >= 4 is 55.7 Å². The summed E-state index contributed by atoms with van der Waals surface area (Å²) < 4.78 is 26.6. The summed E-state index contributed by atoms with van der Waals surface area (Å²) in [5, 5.41) is 4.94. The van der Waals surface area contributed by atoms with E-state index < -0.39 is 16.9 Å². The van der Waals surface area contributed by atoms with Gasteiger partial charge in [0, 0.05) is 15.8 Å². The second-order valence-corrected chi connectivity index (χ2v) is 10.5. The van der Waals surface area contributed by atoms with Crippen LogP contribution in [0.25, 0.3) is 21.5 Å². The molecule has 0 aliphatic heterocycles. The molecule has 11 heteroatoms. The normalized spacial score (nSPS) is 12.3. The van der Waals surface area contributed by atoms with E-state index in [-0.39, 0.29) is 11.5 Å². The lowest BCUT2D eigenvalue weighted by Gasteiger charge is -2.10. The number of nitrogens with zero attached hydrogens (tertiary/aromatic N) is 2. The molecule has 0 spiro atoms. The minimum Gasteiger partial charge on any atom is -0.309 e. The van der Waals surface area contributed by atoms with Crippen LogP contribution in [-0.4, -0.2) is 26.1 Å². The second-order valence-electron chi connectivity index (χ2n) is 7.09. The van der Waals surface area contributed by atoms with Crippen LogP contribution in [0.5, 0.6) is 0 Å². The molecule has 1 amide bonds. The summed E-state index contributed by atoms with van der Waals surface area (Å²) in [4.78, 5) is 38.3. The Morgan fingerprint density at radius 2 is 2.03 bits per heavy atom. The van der Waals surface area contributed by atoms with Gasteiger partial charge in [-0.1, -0.05) is 0 Å². The van der Waals surface area contributed by atoms with Crippen LogP contribution in [0.2, 0.25) is 0 Å². The minimum atomic E-state index is -0.955. The number of nitrogens with one attached hydrogen (secondary N) is 2. The lowest BCUT2D eigenvalue weighted by atomic mass is 10.2. The number of thioether (sulfide) groups is 1. The van der Waals surface area contributed by atoms with Crippen molar-refractivity contribution in [3.05, 3.63) is 61.8 Å². The van der Waals surface area contributed by atoms with Crippen LogP contribution in [0.15, 0.2) is 28.4 Å². The zero-order chi connectivity index (χ0) is 23.0. The highest BCUT2D eigenvalue weighted by Crippen LogP contribution is 2.28. The molecule has 0 saturated heterocycles. The topological polar surface area (TPSA) is 87.7 Å². The van der Waals surface area contributed by atoms with Crippen LogP contribution >= 0.6 is 34.4 Å². The molecule has 32 heavy (non-hydrogen) atoms. The highest BCUT2D eigenvalue weighted by atomic mass is 32.2. The van der Waals surface area contributed by atoms with Gasteiger partial charge in [-0.3, -0.25) is 9.59 Å². The molecule has 0 aliphatic carbocycles. The fourth-order valence-corrected chi connectivity index (χ4v) is 5.50. The van der Waals surface area contributed by atoms with Gasteiger partial charge in [-0.25, -0.2) is 18.7 Å². The molecule has 166 valence electrons. The van der Waals surface area contributed by atoms with Gasteiger partial charge in [0.05, 0.1) is 22.1 Å². The van der Waals surface area contributed by atoms with Crippen LogP contribution in [0.1, 0.15) is 23.2 Å². The summed E-state index contributed by atoms with van der Waals surface area (Å²) in [6.07, 6.45) is 0. The number of carbonyl (C=O) groups is 1. The molecule has 4 aromatic rings. The molecular formula is C21H18F2N4O2S3. The summed E-state index contributed by atoms with van der Waals surface area (Å²) in [6.45, 7) is 5.61. The van der Waals surface area contributed by atoms with Gasteiger partial charge in [-0.15, -0.1) is 34.4 Å². The van der Waals surface area contributed by atoms with Crippen molar-refractivity contribution in [2.75, 3.05) is 5.32 Å². The smallest absolute Gasteiger partial charge is 0.259 e. The predicted octanol–water partition coefficient (Wildman–Crippen LogP) is 5.26. The zero-order valence-corrected chi connectivity index (χ0v) is 19.7. The Morgan fingerprint density at radius 1 is 1.25 bits per heavy atom. The number of hydrogen-bond acceptors (Lipinski definition) is 7. The van der Waals surface area contributed by atoms with E-state index in [1.807, 2.05) is 13.8 Å². The number of aryl methyl sites for hydroxylation is 2. The number of aromatic nitrogens is 3. The molecule has 0 aliphatic rings. The number of anilines is 1. The Kier molecular flexibility index (Phi) is 6.40. The maximum Gasteiger partial charge on any atom is 0.259 e. The van der Waals surface area contributed by atoms with E-state index in [0.29, 0.717) is 38.2 Å². The van der Waals surface area contributed by atoms with Crippen LogP contribution in [-0.2, 0) is 10.5 Å². The van der Waals surface area contributed by atoms with Gasteiger partial charge in [0.25, 0.3) is 5.56 Å². The maximum absolute atomic E-state index is 13.4. The Bertz CT molecular complexity index is 1380. The number of hydrogen-bond donors (Lipinski definition) is 2. The number of aromatic amines is 1. The van der Waals surface area contributed by atoms with Gasteiger partial charge in [0.1, 0.15) is 10.7 Å². The maximum atomic E-state index is 13.4. The van der Waals surface area contributed by atoms with Crippen LogP contribution in [0.4, 0.5) is 13.9 Å². The molecule has 0 radical (unpaired) electrons. The molecule has 1 unspecified atom stereocenters. The van der Waals surface area contributed by atoms with Gasteiger partial charge < -0.3 is 10.3 Å². The number of fused-ring (bicyclic) bond motifs is 1. The van der Waals surface area contributed by atoms with E-state index in [0.717, 1.165) is 22.6 Å². The molecule has 2 N–H and O–H groups in total. The van der Waals surface area contributed by atoms with Crippen molar-refractivity contribution in [1.29, 1.82) is 0 Å². The number of halogens is 2. The van der Waals surface area contributed by atoms with E-state index in [1.54, 1.807) is 12.3 Å². The lowest BCUT2D eigenvalue weighted by Crippen LogP contribution is -2.23.